The molecule has 2 N–H and O–H groups in total. The van der Waals surface area contributed by atoms with Crippen LogP contribution in [0, 0.1) is 11.3 Å². The van der Waals surface area contributed by atoms with Gasteiger partial charge in [-0.15, -0.1) is 0 Å². The Labute approximate surface area is 132 Å². The lowest BCUT2D eigenvalue weighted by molar-refractivity contribution is 0.0596. The van der Waals surface area contributed by atoms with Gasteiger partial charge in [0.25, 0.3) is 0 Å². The third-order valence-electron chi connectivity index (χ3n) is 6.08. The first-order valence-corrected chi connectivity index (χ1v) is 9.01. The van der Waals surface area contributed by atoms with E-state index in [-0.39, 0.29) is 12.1 Å². The van der Waals surface area contributed by atoms with Gasteiger partial charge >= 0.3 is 0 Å². The van der Waals surface area contributed by atoms with Crippen molar-refractivity contribution in [1.29, 1.82) is 0 Å². The smallest absolute Gasteiger partial charge is 0.0613 e. The molecule has 1 saturated carbocycles. The highest BCUT2D eigenvalue weighted by Gasteiger charge is 2.38. The molecule has 1 aliphatic carbocycles. The van der Waals surface area contributed by atoms with Crippen molar-refractivity contribution in [1.82, 2.24) is 10.2 Å². The third-order valence-corrected chi connectivity index (χ3v) is 6.08. The van der Waals surface area contributed by atoms with Gasteiger partial charge < -0.3 is 15.3 Å². The molecule has 0 unspecified atom stereocenters. The molecule has 0 saturated heterocycles. The zero-order valence-electron chi connectivity index (χ0n) is 15.0. The average molecular weight is 299 g/mol. The predicted octanol–water partition coefficient (Wildman–Crippen LogP) is 3.28. The van der Waals surface area contributed by atoms with Crippen molar-refractivity contribution in [2.24, 2.45) is 11.3 Å². The molecule has 0 heterocycles. The fourth-order valence-electron chi connectivity index (χ4n) is 3.65. The normalized spacial score (nSPS) is 27.3. The molecular weight excluding hydrogens is 260 g/mol. The Morgan fingerprint density at radius 3 is 2.14 bits per heavy atom. The van der Waals surface area contributed by atoms with E-state index in [0.29, 0.717) is 5.41 Å². The maximum atomic E-state index is 9.89. The molecule has 0 radical (unpaired) electrons. The molecule has 3 nitrogen and oxygen atoms in total. The van der Waals surface area contributed by atoms with Crippen LogP contribution in [0.4, 0.5) is 0 Å². The summed E-state index contributed by atoms with van der Waals surface area (Å²) >= 11 is 0. The number of aliphatic hydroxyl groups excluding tert-OH is 1. The molecule has 126 valence electrons. The molecule has 0 aromatic rings. The summed E-state index contributed by atoms with van der Waals surface area (Å²) in [6.45, 7) is 16.1. The van der Waals surface area contributed by atoms with Crippen molar-refractivity contribution in [3.05, 3.63) is 0 Å². The number of nitrogens with zero attached hydrogens (tertiary/aromatic N) is 1. The van der Waals surface area contributed by atoms with E-state index in [1.807, 2.05) is 0 Å². The zero-order valence-corrected chi connectivity index (χ0v) is 15.0. The highest BCUT2D eigenvalue weighted by Crippen LogP contribution is 2.43. The van der Waals surface area contributed by atoms with Crippen molar-refractivity contribution in [2.45, 2.75) is 72.3 Å². The minimum absolute atomic E-state index is 0.0204. The van der Waals surface area contributed by atoms with E-state index >= 15 is 0 Å². The summed E-state index contributed by atoms with van der Waals surface area (Å²) in [4.78, 5) is 2.43. The molecule has 3 heteroatoms. The van der Waals surface area contributed by atoms with Gasteiger partial charge in [0.1, 0.15) is 0 Å². The zero-order chi connectivity index (χ0) is 15.9. The van der Waals surface area contributed by atoms with Gasteiger partial charge in [0, 0.05) is 18.6 Å². The second-order valence-electron chi connectivity index (χ2n) is 7.51. The van der Waals surface area contributed by atoms with Crippen LogP contribution < -0.4 is 5.32 Å². The van der Waals surface area contributed by atoms with Crippen molar-refractivity contribution in [3.63, 3.8) is 0 Å². The number of nitrogens with one attached hydrogen (secondary N) is 1. The van der Waals surface area contributed by atoms with Crippen LogP contribution in [-0.4, -0.2) is 48.3 Å². The van der Waals surface area contributed by atoms with E-state index in [0.717, 1.165) is 44.9 Å². The highest BCUT2D eigenvalue weighted by molar-refractivity contribution is 4.95. The minimum atomic E-state index is -0.0204. The summed E-state index contributed by atoms with van der Waals surface area (Å²) in [6, 6.07) is 0. The van der Waals surface area contributed by atoms with E-state index in [1.54, 1.807) is 0 Å². The quantitative estimate of drug-likeness (QED) is 0.686. The average Bonchev–Trinajstić information content (AvgIpc) is 2.52. The van der Waals surface area contributed by atoms with Crippen molar-refractivity contribution >= 4 is 0 Å². The second-order valence-corrected chi connectivity index (χ2v) is 7.51. The van der Waals surface area contributed by atoms with Crippen LogP contribution in [-0.2, 0) is 0 Å². The van der Waals surface area contributed by atoms with Gasteiger partial charge in [-0.1, -0.05) is 41.0 Å². The SMILES string of the molecule is CCN(CC)CCNC1(CO)CCC(C(C)(C)CC)CC1. The summed E-state index contributed by atoms with van der Waals surface area (Å²) in [7, 11) is 0. The Kier molecular flexibility index (Phi) is 7.66. The molecule has 0 aliphatic heterocycles. The molecule has 0 aromatic heterocycles. The van der Waals surface area contributed by atoms with E-state index in [4.69, 9.17) is 0 Å². The molecule has 1 fully saturated rings. The molecule has 1 aliphatic rings. The lowest BCUT2D eigenvalue weighted by Gasteiger charge is -2.45. The van der Waals surface area contributed by atoms with Gasteiger partial charge in [-0.25, -0.2) is 0 Å². The molecule has 0 atom stereocenters. The molecule has 0 aromatic carbocycles. The van der Waals surface area contributed by atoms with E-state index < -0.39 is 0 Å². The predicted molar refractivity (Wildman–Crippen MR) is 91.6 cm³/mol. The fraction of sp³-hybridized carbons (Fsp3) is 1.00. The second kappa shape index (κ2) is 8.50. The Bertz CT molecular complexity index is 279. The Hall–Kier alpha value is -0.120. The summed E-state index contributed by atoms with van der Waals surface area (Å²) in [5.41, 5.74) is 0.427. The lowest BCUT2D eigenvalue weighted by Crippen LogP contribution is -2.53. The Morgan fingerprint density at radius 2 is 1.71 bits per heavy atom. The van der Waals surface area contributed by atoms with Crippen molar-refractivity contribution < 1.29 is 5.11 Å². The van der Waals surface area contributed by atoms with Crippen LogP contribution in [0.5, 0.6) is 0 Å². The monoisotopic (exact) mass is 298 g/mol. The number of rotatable bonds is 9. The summed E-state index contributed by atoms with van der Waals surface area (Å²) in [6.07, 6.45) is 5.99. The van der Waals surface area contributed by atoms with Crippen LogP contribution in [0.25, 0.3) is 0 Å². The summed E-state index contributed by atoms with van der Waals surface area (Å²) in [5.74, 6) is 0.812. The van der Waals surface area contributed by atoms with Gasteiger partial charge in [-0.3, -0.25) is 0 Å². The topological polar surface area (TPSA) is 35.5 Å². The number of likely N-dealkylation sites (N-methyl/N-ethyl adjacent to an activating group) is 1. The third kappa shape index (κ3) is 5.22. The summed E-state index contributed by atoms with van der Waals surface area (Å²) in [5, 5.41) is 13.6. The van der Waals surface area contributed by atoms with Crippen molar-refractivity contribution in [2.75, 3.05) is 32.8 Å². The minimum Gasteiger partial charge on any atom is -0.394 e. The van der Waals surface area contributed by atoms with Gasteiger partial charge in [-0.05, 0) is 50.1 Å². The van der Waals surface area contributed by atoms with Crippen LogP contribution in [0.15, 0.2) is 0 Å². The highest BCUT2D eigenvalue weighted by atomic mass is 16.3. The van der Waals surface area contributed by atoms with E-state index in [9.17, 15) is 5.11 Å². The molecule has 0 spiro atoms. The Morgan fingerprint density at radius 1 is 1.14 bits per heavy atom. The van der Waals surface area contributed by atoms with Crippen LogP contribution in [0.3, 0.4) is 0 Å². The first-order chi connectivity index (χ1) is 9.93. The maximum absolute atomic E-state index is 9.89. The lowest BCUT2D eigenvalue weighted by atomic mass is 9.65. The van der Waals surface area contributed by atoms with Crippen molar-refractivity contribution in [3.8, 4) is 0 Å². The standard InChI is InChI=1S/C18H38N2O/c1-6-17(4,5)16-9-11-18(15-21,12-10-16)19-13-14-20(7-2)8-3/h16,19,21H,6-15H2,1-5H3. The van der Waals surface area contributed by atoms with E-state index in [1.165, 1.54) is 19.3 Å². The fourth-order valence-corrected chi connectivity index (χ4v) is 3.65. The van der Waals surface area contributed by atoms with Crippen LogP contribution in [0.1, 0.15) is 66.7 Å². The largest absolute Gasteiger partial charge is 0.394 e. The molecular formula is C18H38N2O. The Balaban J connectivity index is 2.45. The first kappa shape index (κ1) is 18.9. The maximum Gasteiger partial charge on any atom is 0.0613 e. The van der Waals surface area contributed by atoms with E-state index in [2.05, 4.69) is 44.8 Å². The van der Waals surface area contributed by atoms with Gasteiger partial charge in [0.05, 0.1) is 6.61 Å². The molecule has 21 heavy (non-hydrogen) atoms. The van der Waals surface area contributed by atoms with Gasteiger partial charge in [-0.2, -0.15) is 0 Å². The first-order valence-electron chi connectivity index (χ1n) is 9.01. The van der Waals surface area contributed by atoms with Gasteiger partial charge in [0.2, 0.25) is 0 Å². The molecule has 0 amide bonds. The van der Waals surface area contributed by atoms with Crippen LogP contribution >= 0.6 is 0 Å². The molecule has 1 rings (SSSR count). The van der Waals surface area contributed by atoms with Crippen LogP contribution in [0.2, 0.25) is 0 Å². The number of hydrogen-bond acceptors (Lipinski definition) is 3. The number of aliphatic hydroxyl groups is 1. The van der Waals surface area contributed by atoms with Gasteiger partial charge in [0.15, 0.2) is 0 Å². The molecule has 0 bridgehead atoms. The number of hydrogen-bond donors (Lipinski definition) is 2. The summed E-state index contributed by atoms with van der Waals surface area (Å²) < 4.78 is 0.